The van der Waals surface area contributed by atoms with Crippen LogP contribution in [0.4, 0.5) is 10.5 Å². The van der Waals surface area contributed by atoms with Crippen LogP contribution in [-0.2, 0) is 29.1 Å². The number of benzene rings is 1. The number of β-lactam (4-membered cyclic amide) rings is 1. The molecule has 3 atom stereocenters. The number of fused-ring (bicyclic) bond motifs is 1. The van der Waals surface area contributed by atoms with Gasteiger partial charge in [-0.2, -0.15) is 0 Å². The van der Waals surface area contributed by atoms with Gasteiger partial charge in [-0.15, -0.1) is 11.8 Å². The van der Waals surface area contributed by atoms with Crippen LogP contribution in [0.5, 0.6) is 0 Å². The number of allylic oxidation sites excluding steroid dienone is 1. The molecule has 0 radical (unpaired) electrons. The van der Waals surface area contributed by atoms with Crippen LogP contribution >= 0.6 is 11.8 Å². The van der Waals surface area contributed by atoms with Crippen molar-refractivity contribution in [2.75, 3.05) is 16.7 Å². The summed E-state index contributed by atoms with van der Waals surface area (Å²) in [7, 11) is -3.62. The van der Waals surface area contributed by atoms with Crippen LogP contribution in [0.1, 0.15) is 32.4 Å². The smallest absolute Gasteiger partial charge is 0.408 e. The highest BCUT2D eigenvalue weighted by Gasteiger charge is 2.54. The number of sulfonamides is 1. The average molecular weight is 553 g/mol. The Morgan fingerprint density at radius 1 is 1.30 bits per heavy atom. The fourth-order valence-electron chi connectivity index (χ4n) is 3.76. The Kier molecular flexibility index (Phi) is 7.93. The van der Waals surface area contributed by atoms with Crippen molar-refractivity contribution in [3.05, 3.63) is 53.8 Å². The Hall–Kier alpha value is -3.52. The zero-order chi connectivity index (χ0) is 27.7. The molecule has 1 unspecified atom stereocenters. The molecule has 0 aromatic heterocycles. The molecule has 1 fully saturated rings. The van der Waals surface area contributed by atoms with Crippen LogP contribution < -0.4 is 15.4 Å². The van der Waals surface area contributed by atoms with E-state index in [0.717, 1.165) is 11.2 Å². The Bertz CT molecular complexity index is 1290. The predicted molar refractivity (Wildman–Crippen MR) is 137 cm³/mol. The fourth-order valence-corrected chi connectivity index (χ4v) is 5.65. The number of rotatable bonds is 8. The first-order valence-corrected chi connectivity index (χ1v) is 14.0. The molecule has 1 saturated heterocycles. The molecule has 37 heavy (non-hydrogen) atoms. The summed E-state index contributed by atoms with van der Waals surface area (Å²) >= 11 is 1.27. The third-order valence-corrected chi connectivity index (χ3v) is 7.10. The van der Waals surface area contributed by atoms with Crippen molar-refractivity contribution < 1.29 is 37.4 Å². The molecule has 14 heteroatoms. The normalized spacial score (nSPS) is 20.2. The zero-order valence-electron chi connectivity index (χ0n) is 20.6. The van der Waals surface area contributed by atoms with Crippen molar-refractivity contribution in [3.8, 4) is 0 Å². The Morgan fingerprint density at radius 2 is 1.97 bits per heavy atom. The summed E-state index contributed by atoms with van der Waals surface area (Å²) < 4.78 is 30.9. The molecule has 12 nitrogen and oxygen atoms in total. The van der Waals surface area contributed by atoms with Gasteiger partial charge in [0.05, 0.1) is 6.26 Å². The molecule has 3 rings (SSSR count). The van der Waals surface area contributed by atoms with Gasteiger partial charge in [0.15, 0.2) is 0 Å². The molecular weight excluding hydrogens is 524 g/mol. The van der Waals surface area contributed by atoms with Crippen LogP contribution in [0.2, 0.25) is 0 Å². The molecule has 200 valence electrons. The average Bonchev–Trinajstić information content (AvgIpc) is 2.77. The fraction of sp³-hybridized carbons (Fsp3) is 0.391. The SMILES string of the molecule is C=CC1=C(C(=O)O)N2C(=O)C(NC(=O)[C@H](NC(=O)OC(C)(C)C)c3cccc(NS(C)(=O)=O)c3)[C@@H]2SC1. The maximum Gasteiger partial charge on any atom is 0.408 e. The number of thioether (sulfide) groups is 1. The van der Waals surface area contributed by atoms with Crippen molar-refractivity contribution in [2.24, 2.45) is 0 Å². The standard InChI is InChI=1S/C23H28N4O8S2/c1-6-12-11-36-20-16(19(29)27(20)17(12)21(30)31)24-18(28)15(25-22(32)35-23(2,3)4)13-8-7-9-14(10-13)26-37(5,33)34/h6-10,15-16,20,26H,1,11H2,2-5H3,(H,24,28)(H,25,32)(H,30,31)/t15-,16?,20+/m1/s1. The number of nitrogens with zero attached hydrogens (tertiary/aromatic N) is 1. The van der Waals surface area contributed by atoms with Crippen molar-refractivity contribution >= 4 is 51.3 Å². The Balaban J connectivity index is 1.87. The minimum absolute atomic E-state index is 0.158. The first-order chi connectivity index (χ1) is 17.1. The third kappa shape index (κ3) is 6.63. The number of nitrogens with one attached hydrogen (secondary N) is 3. The van der Waals surface area contributed by atoms with Gasteiger partial charge >= 0.3 is 12.1 Å². The van der Waals surface area contributed by atoms with Gasteiger partial charge in [-0.05, 0) is 44.0 Å². The molecule has 0 aliphatic carbocycles. The van der Waals surface area contributed by atoms with E-state index in [1.54, 1.807) is 20.8 Å². The van der Waals surface area contributed by atoms with Gasteiger partial charge in [0.2, 0.25) is 15.9 Å². The molecule has 4 N–H and O–H groups in total. The van der Waals surface area contributed by atoms with Crippen LogP contribution in [0, 0.1) is 0 Å². The first-order valence-electron chi connectivity index (χ1n) is 11.0. The molecule has 0 saturated carbocycles. The zero-order valence-corrected chi connectivity index (χ0v) is 22.2. The molecule has 0 spiro atoms. The van der Waals surface area contributed by atoms with Gasteiger partial charge in [0, 0.05) is 11.4 Å². The van der Waals surface area contributed by atoms with Crippen LogP contribution in [0.25, 0.3) is 0 Å². The largest absolute Gasteiger partial charge is 0.477 e. The summed E-state index contributed by atoms with van der Waals surface area (Å²) in [5.74, 6) is -2.38. The maximum atomic E-state index is 13.4. The molecule has 2 aliphatic rings. The van der Waals surface area contributed by atoms with Crippen LogP contribution in [0.3, 0.4) is 0 Å². The minimum Gasteiger partial charge on any atom is -0.477 e. The number of aliphatic carboxylic acids is 1. The van der Waals surface area contributed by atoms with Crippen LogP contribution in [0.15, 0.2) is 48.2 Å². The van der Waals surface area contributed by atoms with Gasteiger partial charge in [-0.25, -0.2) is 18.0 Å². The number of ether oxygens (including phenoxy) is 1. The summed E-state index contributed by atoms with van der Waals surface area (Å²) in [6.45, 7) is 8.53. The number of carboxylic acids is 1. The number of hydrogen-bond donors (Lipinski definition) is 4. The molecule has 2 heterocycles. The summed E-state index contributed by atoms with van der Waals surface area (Å²) in [6.07, 6.45) is 1.44. The summed E-state index contributed by atoms with van der Waals surface area (Å²) in [4.78, 5) is 51.6. The third-order valence-electron chi connectivity index (χ3n) is 5.19. The van der Waals surface area contributed by atoms with Crippen molar-refractivity contribution in [2.45, 2.75) is 43.8 Å². The quantitative estimate of drug-likeness (QED) is 0.349. The highest BCUT2D eigenvalue weighted by Crippen LogP contribution is 2.40. The van der Waals surface area contributed by atoms with Gasteiger partial charge in [0.1, 0.15) is 28.8 Å². The monoisotopic (exact) mass is 552 g/mol. The number of carboxylic acid groups (broad SMARTS) is 1. The first kappa shape index (κ1) is 28.1. The molecule has 3 amide bonds. The highest BCUT2D eigenvalue weighted by atomic mass is 32.2. The number of hydrogen-bond acceptors (Lipinski definition) is 8. The molecule has 0 bridgehead atoms. The van der Waals surface area contributed by atoms with Crippen molar-refractivity contribution in [1.29, 1.82) is 0 Å². The number of amides is 3. The van der Waals surface area contributed by atoms with Gasteiger partial charge < -0.3 is 20.5 Å². The van der Waals surface area contributed by atoms with E-state index in [-0.39, 0.29) is 22.7 Å². The van der Waals surface area contributed by atoms with E-state index in [4.69, 9.17) is 4.74 Å². The minimum atomic E-state index is -3.62. The van der Waals surface area contributed by atoms with Gasteiger partial charge in [-0.1, -0.05) is 24.8 Å². The van der Waals surface area contributed by atoms with Crippen LogP contribution in [-0.4, -0.2) is 71.3 Å². The van der Waals surface area contributed by atoms with Gasteiger partial charge in [0.25, 0.3) is 5.91 Å². The molecule has 1 aromatic carbocycles. The lowest BCUT2D eigenvalue weighted by Gasteiger charge is -2.49. The summed E-state index contributed by atoms with van der Waals surface area (Å²) in [5, 5.41) is 14.0. The van der Waals surface area contributed by atoms with E-state index < -0.39 is 57.0 Å². The second-order valence-corrected chi connectivity index (χ2v) is 12.2. The van der Waals surface area contributed by atoms with E-state index in [1.165, 1.54) is 42.1 Å². The Morgan fingerprint density at radius 3 is 2.54 bits per heavy atom. The molecule has 2 aliphatic heterocycles. The second kappa shape index (κ2) is 10.5. The van der Waals surface area contributed by atoms with Crippen molar-refractivity contribution in [3.63, 3.8) is 0 Å². The number of anilines is 1. The van der Waals surface area contributed by atoms with E-state index in [1.807, 2.05) is 0 Å². The highest BCUT2D eigenvalue weighted by molar-refractivity contribution is 8.00. The Labute approximate surface area is 218 Å². The van der Waals surface area contributed by atoms with Crippen molar-refractivity contribution in [1.82, 2.24) is 15.5 Å². The van der Waals surface area contributed by atoms with E-state index in [9.17, 15) is 32.7 Å². The van der Waals surface area contributed by atoms with Gasteiger partial charge in [-0.3, -0.25) is 19.2 Å². The van der Waals surface area contributed by atoms with E-state index in [0.29, 0.717) is 5.57 Å². The number of carbonyl (C=O) groups is 4. The lowest BCUT2D eigenvalue weighted by Crippen LogP contribution is -2.71. The summed E-state index contributed by atoms with van der Waals surface area (Å²) in [6, 6.07) is 3.43. The molecule has 1 aromatic rings. The predicted octanol–water partition coefficient (Wildman–Crippen LogP) is 1.55. The van der Waals surface area contributed by atoms with E-state index >= 15 is 0 Å². The summed E-state index contributed by atoms with van der Waals surface area (Å²) in [5.41, 5.74) is -0.275. The second-order valence-electron chi connectivity index (χ2n) is 9.36. The lowest BCUT2D eigenvalue weighted by molar-refractivity contribution is -0.150. The maximum absolute atomic E-state index is 13.4. The topological polar surface area (TPSA) is 171 Å². The number of carbonyl (C=O) groups excluding carboxylic acids is 3. The lowest BCUT2D eigenvalue weighted by atomic mass is 10.0. The van der Waals surface area contributed by atoms with E-state index in [2.05, 4.69) is 21.9 Å². The molecular formula is C23H28N4O8S2. The number of alkyl carbamates (subject to hydrolysis) is 1.